The fourth-order valence-electron chi connectivity index (χ4n) is 0.825. The molecule has 49 valence electrons. The van der Waals surface area contributed by atoms with E-state index in [9.17, 15) is 0 Å². The van der Waals surface area contributed by atoms with Crippen molar-refractivity contribution < 1.29 is 0 Å². The van der Waals surface area contributed by atoms with Crippen LogP contribution in [0.4, 0.5) is 0 Å². The molecule has 0 saturated heterocycles. The molecule has 0 amide bonds. The van der Waals surface area contributed by atoms with Gasteiger partial charge in [-0.15, -0.1) is 6.42 Å². The topological polar surface area (TPSA) is 0 Å². The predicted molar refractivity (Wildman–Crippen MR) is 43.6 cm³/mol. The summed E-state index contributed by atoms with van der Waals surface area (Å²) in [6, 6.07) is 5.90. The lowest BCUT2D eigenvalue weighted by Crippen LogP contribution is -1.81. The number of terminal acetylenes is 1. The van der Waals surface area contributed by atoms with Crippen LogP contribution >= 0.6 is 0 Å². The summed E-state index contributed by atoms with van der Waals surface area (Å²) in [4.78, 5) is 0. The molecule has 0 aliphatic rings. The average molecular weight is 129 g/mol. The van der Waals surface area contributed by atoms with Gasteiger partial charge in [-0.2, -0.15) is 0 Å². The van der Waals surface area contributed by atoms with Crippen molar-refractivity contribution in [1.82, 2.24) is 0 Å². The third-order valence-corrected chi connectivity index (χ3v) is 1.42. The van der Waals surface area contributed by atoms with Gasteiger partial charge in [0.25, 0.3) is 0 Å². The van der Waals surface area contributed by atoms with E-state index < -0.39 is 0 Å². The lowest BCUT2D eigenvalue weighted by Gasteiger charge is -1.97. The van der Waals surface area contributed by atoms with Crippen molar-refractivity contribution in [3.63, 3.8) is 0 Å². The van der Waals surface area contributed by atoms with Crippen molar-refractivity contribution in [2.24, 2.45) is 0 Å². The van der Waals surface area contributed by atoms with Crippen molar-refractivity contribution >= 4 is 0 Å². The molecule has 0 spiro atoms. The van der Waals surface area contributed by atoms with E-state index in [1.165, 1.54) is 5.56 Å². The second kappa shape index (κ2) is 2.58. The van der Waals surface area contributed by atoms with Gasteiger partial charge in [0.15, 0.2) is 0 Å². The van der Waals surface area contributed by atoms with Gasteiger partial charge in [-0.1, -0.05) is 18.1 Å². The zero-order chi connectivity index (χ0) is 7.56. The first-order valence-corrected chi connectivity index (χ1v) is 3.13. The minimum Gasteiger partial charge on any atom is -0.115 e. The van der Waals surface area contributed by atoms with Gasteiger partial charge in [-0.3, -0.25) is 0 Å². The number of rotatable bonds is 0. The highest BCUT2D eigenvalue weighted by Crippen LogP contribution is 2.08. The van der Waals surface area contributed by atoms with Gasteiger partial charge in [-0.25, -0.2) is 0 Å². The zero-order valence-corrected chi connectivity index (χ0v) is 6.02. The van der Waals surface area contributed by atoms with Gasteiger partial charge < -0.3 is 0 Å². The number of hydrogen-bond acceptors (Lipinski definition) is 0. The molecule has 0 unspecified atom stereocenters. The van der Waals surface area contributed by atoms with E-state index in [1.807, 2.05) is 25.1 Å². The molecule has 1 aromatic carbocycles. The summed E-state index contributed by atoms with van der Waals surface area (Å²) in [5, 5.41) is 0. The van der Waals surface area contributed by atoms with Crippen LogP contribution in [-0.4, -0.2) is 0 Å². The first kappa shape index (κ1) is 6.89. The normalized spacial score (nSPS) is 8.90. The van der Waals surface area contributed by atoms with Crippen LogP contribution in [0.15, 0.2) is 18.2 Å². The predicted octanol–water partition coefficient (Wildman–Crippen LogP) is 2.16. The van der Waals surface area contributed by atoms with Gasteiger partial charge in [-0.05, 0) is 31.0 Å². The molecular weight excluding hydrogens is 120 g/mol. The Balaban J connectivity index is 3.25. The highest BCUT2D eigenvalue weighted by Gasteiger charge is 1.92. The van der Waals surface area contributed by atoms with Crippen molar-refractivity contribution in [3.8, 4) is 12.3 Å². The highest BCUT2D eigenvalue weighted by atomic mass is 14.0. The van der Waals surface area contributed by atoms with Crippen molar-refractivity contribution in [3.05, 3.63) is 41.8 Å². The van der Waals surface area contributed by atoms with Crippen LogP contribution in [0.5, 0.6) is 0 Å². The van der Waals surface area contributed by atoms with Crippen LogP contribution in [0.3, 0.4) is 0 Å². The number of aryl methyl sites for hydroxylation is 1. The first-order chi connectivity index (χ1) is 4.74. The van der Waals surface area contributed by atoms with Crippen LogP contribution in [-0.2, 0) is 0 Å². The maximum Gasteiger partial charge on any atom is 0.0277 e. The van der Waals surface area contributed by atoms with E-state index in [1.54, 1.807) is 0 Å². The SMILES string of the molecule is C#Cc1cc(C)ccc1[CH2]. The fourth-order valence-corrected chi connectivity index (χ4v) is 0.825. The monoisotopic (exact) mass is 129 g/mol. The largest absolute Gasteiger partial charge is 0.115 e. The summed E-state index contributed by atoms with van der Waals surface area (Å²) in [7, 11) is 0. The van der Waals surface area contributed by atoms with Gasteiger partial charge in [0.05, 0.1) is 0 Å². The Morgan fingerprint density at radius 2 is 2.20 bits per heavy atom. The number of benzene rings is 1. The lowest BCUT2D eigenvalue weighted by atomic mass is 10.1. The lowest BCUT2D eigenvalue weighted by molar-refractivity contribution is 1.43. The van der Waals surface area contributed by atoms with Crippen LogP contribution in [0, 0.1) is 26.2 Å². The molecule has 0 bridgehead atoms. The molecule has 0 atom stereocenters. The van der Waals surface area contributed by atoms with Crippen molar-refractivity contribution in [1.29, 1.82) is 0 Å². The molecule has 10 heavy (non-hydrogen) atoms. The molecule has 0 heteroatoms. The van der Waals surface area contributed by atoms with Gasteiger partial charge in [0.2, 0.25) is 0 Å². The van der Waals surface area contributed by atoms with E-state index in [2.05, 4.69) is 12.8 Å². The maximum absolute atomic E-state index is 5.23. The smallest absolute Gasteiger partial charge is 0.0277 e. The Labute approximate surface area is 61.9 Å². The molecule has 0 nitrogen and oxygen atoms in total. The minimum absolute atomic E-state index is 0.889. The molecule has 1 radical (unpaired) electrons. The van der Waals surface area contributed by atoms with E-state index in [-0.39, 0.29) is 0 Å². The first-order valence-electron chi connectivity index (χ1n) is 3.13. The van der Waals surface area contributed by atoms with Crippen LogP contribution in [0.1, 0.15) is 16.7 Å². The van der Waals surface area contributed by atoms with Gasteiger partial charge >= 0.3 is 0 Å². The van der Waals surface area contributed by atoms with Crippen molar-refractivity contribution in [2.45, 2.75) is 6.92 Å². The second-order valence-corrected chi connectivity index (χ2v) is 2.30. The minimum atomic E-state index is 0.889. The molecule has 1 rings (SSSR count). The summed E-state index contributed by atoms with van der Waals surface area (Å²) in [5.41, 5.74) is 2.99. The molecule has 0 heterocycles. The summed E-state index contributed by atoms with van der Waals surface area (Å²) in [5.74, 6) is 2.57. The average Bonchev–Trinajstić information content (AvgIpc) is 1.94. The van der Waals surface area contributed by atoms with Crippen LogP contribution in [0.2, 0.25) is 0 Å². The molecule has 0 saturated carbocycles. The summed E-state index contributed by atoms with van der Waals surface area (Å²) >= 11 is 0. The van der Waals surface area contributed by atoms with E-state index in [0.717, 1.165) is 11.1 Å². The van der Waals surface area contributed by atoms with Crippen LogP contribution in [0.25, 0.3) is 0 Å². The maximum atomic E-state index is 5.23. The second-order valence-electron chi connectivity index (χ2n) is 2.30. The zero-order valence-electron chi connectivity index (χ0n) is 6.02. The highest BCUT2D eigenvalue weighted by molar-refractivity contribution is 5.43. The fraction of sp³-hybridized carbons (Fsp3) is 0.100. The Morgan fingerprint density at radius 1 is 1.50 bits per heavy atom. The van der Waals surface area contributed by atoms with E-state index in [4.69, 9.17) is 6.42 Å². The molecule has 1 aromatic rings. The Hall–Kier alpha value is -1.22. The van der Waals surface area contributed by atoms with Gasteiger partial charge in [0.1, 0.15) is 0 Å². The molecule has 0 aliphatic carbocycles. The molecule has 0 aromatic heterocycles. The third kappa shape index (κ3) is 1.19. The summed E-state index contributed by atoms with van der Waals surface area (Å²) in [6.07, 6.45) is 5.23. The summed E-state index contributed by atoms with van der Waals surface area (Å²) < 4.78 is 0. The number of hydrogen-bond donors (Lipinski definition) is 0. The Kier molecular flexibility index (Phi) is 1.78. The van der Waals surface area contributed by atoms with Gasteiger partial charge in [0, 0.05) is 5.56 Å². The van der Waals surface area contributed by atoms with Crippen LogP contribution < -0.4 is 0 Å². The molecular formula is C10H9. The Bertz CT molecular complexity index is 277. The molecule has 0 fully saturated rings. The van der Waals surface area contributed by atoms with Crippen molar-refractivity contribution in [2.75, 3.05) is 0 Å². The summed E-state index contributed by atoms with van der Waals surface area (Å²) in [6.45, 7) is 5.80. The quantitative estimate of drug-likeness (QED) is 0.471. The van der Waals surface area contributed by atoms with E-state index in [0.29, 0.717) is 0 Å². The molecule has 0 N–H and O–H groups in total. The molecule has 0 aliphatic heterocycles. The Morgan fingerprint density at radius 3 is 2.70 bits per heavy atom. The standard InChI is InChI=1S/C10H9/c1-4-10-7-8(2)5-6-9(10)3/h1,5-7H,3H2,2H3. The van der Waals surface area contributed by atoms with E-state index >= 15 is 0 Å². The third-order valence-electron chi connectivity index (χ3n) is 1.42.